The van der Waals surface area contributed by atoms with Gasteiger partial charge in [0.25, 0.3) is 0 Å². The second-order valence-corrected chi connectivity index (χ2v) is 9.35. The Balaban J connectivity index is 1.42. The van der Waals surface area contributed by atoms with Crippen LogP contribution in [0.25, 0.3) is 77.4 Å². The molecular formula is C32H16N2O3. The van der Waals surface area contributed by atoms with Crippen LogP contribution in [0.1, 0.15) is 0 Å². The maximum atomic E-state index is 6.50. The van der Waals surface area contributed by atoms with Gasteiger partial charge in [0, 0.05) is 21.7 Å². The number of nitrogens with zero attached hydrogens (tertiary/aromatic N) is 2. The van der Waals surface area contributed by atoms with Gasteiger partial charge in [0.15, 0.2) is 11.4 Å². The van der Waals surface area contributed by atoms with E-state index in [2.05, 4.69) is 12.1 Å². The lowest BCUT2D eigenvalue weighted by Gasteiger charge is -2.16. The van der Waals surface area contributed by atoms with Crippen LogP contribution >= 0.6 is 0 Å². The summed E-state index contributed by atoms with van der Waals surface area (Å²) in [4.78, 5) is 10.1. The Kier molecular flexibility index (Phi) is 3.47. The van der Waals surface area contributed by atoms with Gasteiger partial charge in [-0.25, -0.2) is 9.97 Å². The van der Waals surface area contributed by atoms with Crippen LogP contribution in [-0.2, 0) is 0 Å². The first-order chi connectivity index (χ1) is 18.3. The normalized spacial score (nSPS) is 12.5. The maximum absolute atomic E-state index is 6.50. The lowest BCUT2D eigenvalue weighted by atomic mass is 9.99. The van der Waals surface area contributed by atoms with Crippen molar-refractivity contribution in [1.82, 2.24) is 9.97 Å². The smallest absolute Gasteiger partial charge is 0.180 e. The van der Waals surface area contributed by atoms with E-state index in [0.29, 0.717) is 11.4 Å². The van der Waals surface area contributed by atoms with Crippen molar-refractivity contribution in [3.63, 3.8) is 0 Å². The highest BCUT2D eigenvalue weighted by molar-refractivity contribution is 6.25. The molecule has 0 unspecified atom stereocenters. The van der Waals surface area contributed by atoms with Crippen LogP contribution in [0.5, 0.6) is 11.5 Å². The van der Waals surface area contributed by atoms with Crippen LogP contribution in [0.4, 0.5) is 0 Å². The molecule has 5 aromatic carbocycles. The van der Waals surface area contributed by atoms with Crippen LogP contribution in [0.2, 0.25) is 0 Å². The van der Waals surface area contributed by atoms with Crippen LogP contribution in [0.15, 0.2) is 106 Å². The number of rotatable bonds is 2. The summed E-state index contributed by atoms with van der Waals surface area (Å²) in [5.74, 6) is 2.21. The number of ether oxygens (including phenoxy) is 1. The van der Waals surface area contributed by atoms with Gasteiger partial charge in [-0.1, -0.05) is 60.7 Å². The summed E-state index contributed by atoms with van der Waals surface area (Å²) in [5.41, 5.74) is 6.32. The minimum absolute atomic E-state index is 0.582. The van der Waals surface area contributed by atoms with E-state index in [1.54, 1.807) is 0 Å². The third-order valence-electron chi connectivity index (χ3n) is 7.28. The summed E-state index contributed by atoms with van der Waals surface area (Å²) >= 11 is 0. The van der Waals surface area contributed by atoms with Crippen molar-refractivity contribution in [3.8, 4) is 34.1 Å². The SMILES string of the molecule is c1ccc(-c2nc(-c3ccc4c5c3oc3ccc6cccc(c6c35)O4)nc3c2oc2ccccc23)cc1. The van der Waals surface area contributed by atoms with Crippen LogP contribution < -0.4 is 4.74 Å². The molecule has 172 valence electrons. The average molecular weight is 476 g/mol. The maximum Gasteiger partial charge on any atom is 0.180 e. The van der Waals surface area contributed by atoms with Crippen molar-refractivity contribution in [2.45, 2.75) is 0 Å². The Morgan fingerprint density at radius 2 is 1.38 bits per heavy atom. The highest BCUT2D eigenvalue weighted by Gasteiger charge is 2.26. The molecule has 0 fully saturated rings. The van der Waals surface area contributed by atoms with Gasteiger partial charge >= 0.3 is 0 Å². The molecule has 3 aromatic heterocycles. The number of para-hydroxylation sites is 1. The van der Waals surface area contributed by atoms with Crippen molar-refractivity contribution in [2.24, 2.45) is 0 Å². The van der Waals surface area contributed by atoms with E-state index >= 15 is 0 Å². The van der Waals surface area contributed by atoms with Gasteiger partial charge in [-0.15, -0.1) is 0 Å². The van der Waals surface area contributed by atoms with E-state index in [9.17, 15) is 0 Å². The quantitative estimate of drug-likeness (QED) is 0.249. The average Bonchev–Trinajstić information content (AvgIpc) is 3.53. The number of aromatic nitrogens is 2. The fraction of sp³-hybridized carbons (Fsp3) is 0. The van der Waals surface area contributed by atoms with Gasteiger partial charge < -0.3 is 13.6 Å². The third-order valence-corrected chi connectivity index (χ3v) is 7.28. The van der Waals surface area contributed by atoms with E-state index < -0.39 is 0 Å². The Hall–Kier alpha value is -5.16. The van der Waals surface area contributed by atoms with E-state index in [4.69, 9.17) is 23.5 Å². The summed E-state index contributed by atoms with van der Waals surface area (Å²) in [6.45, 7) is 0. The van der Waals surface area contributed by atoms with E-state index in [-0.39, 0.29) is 0 Å². The fourth-order valence-corrected chi connectivity index (χ4v) is 5.64. The van der Waals surface area contributed by atoms with Crippen LogP contribution in [0, 0.1) is 0 Å². The van der Waals surface area contributed by atoms with E-state index in [1.807, 2.05) is 84.9 Å². The lowest BCUT2D eigenvalue weighted by Crippen LogP contribution is -1.96. The van der Waals surface area contributed by atoms with Crippen LogP contribution in [-0.4, -0.2) is 9.97 Å². The first-order valence-corrected chi connectivity index (χ1v) is 12.2. The third kappa shape index (κ3) is 2.47. The summed E-state index contributed by atoms with van der Waals surface area (Å²) in [6.07, 6.45) is 0. The van der Waals surface area contributed by atoms with Gasteiger partial charge in [-0.2, -0.15) is 0 Å². The number of hydrogen-bond donors (Lipinski definition) is 0. The Labute approximate surface area is 209 Å². The zero-order valence-electron chi connectivity index (χ0n) is 19.4. The van der Waals surface area contributed by atoms with Gasteiger partial charge in [0.1, 0.15) is 39.5 Å². The molecule has 5 nitrogen and oxygen atoms in total. The molecule has 0 atom stereocenters. The molecule has 0 bridgehead atoms. The molecule has 37 heavy (non-hydrogen) atoms. The molecule has 0 radical (unpaired) electrons. The Bertz CT molecular complexity index is 2230. The topological polar surface area (TPSA) is 61.3 Å². The predicted octanol–water partition coefficient (Wildman–Crippen LogP) is 8.87. The number of fused-ring (bicyclic) bond motifs is 3. The number of benzene rings is 5. The standard InChI is InChI=1S/C32H16N2O3/c1-2-7-18(8-3-1)28-31-29(19-10-4-5-11-21(19)36-31)34-32(33-28)20-14-16-24-27-26-23(37-30(20)27)15-13-17-9-6-12-22(35-24)25(17)26/h1-16H. The highest BCUT2D eigenvalue weighted by atomic mass is 16.5. The Morgan fingerprint density at radius 1 is 0.541 bits per heavy atom. The number of hydrogen-bond acceptors (Lipinski definition) is 5. The van der Waals surface area contributed by atoms with E-state index in [1.165, 1.54) is 0 Å². The lowest BCUT2D eigenvalue weighted by molar-refractivity contribution is 0.493. The molecule has 0 spiro atoms. The predicted molar refractivity (Wildman–Crippen MR) is 145 cm³/mol. The van der Waals surface area contributed by atoms with Crippen molar-refractivity contribution in [2.75, 3.05) is 0 Å². The van der Waals surface area contributed by atoms with Crippen molar-refractivity contribution in [3.05, 3.63) is 97.1 Å². The van der Waals surface area contributed by atoms with Crippen molar-refractivity contribution < 1.29 is 13.6 Å². The van der Waals surface area contributed by atoms with Gasteiger partial charge in [0.2, 0.25) is 0 Å². The van der Waals surface area contributed by atoms with Crippen LogP contribution in [0.3, 0.4) is 0 Å². The summed E-state index contributed by atoms with van der Waals surface area (Å²) in [6, 6.07) is 32.3. The van der Waals surface area contributed by atoms with E-state index in [0.717, 1.165) is 77.5 Å². The molecule has 0 saturated heterocycles. The van der Waals surface area contributed by atoms with Crippen molar-refractivity contribution >= 4 is 54.8 Å². The molecule has 9 rings (SSSR count). The number of furan rings is 2. The van der Waals surface area contributed by atoms with Gasteiger partial charge in [-0.3, -0.25) is 0 Å². The Morgan fingerprint density at radius 3 is 2.32 bits per heavy atom. The second-order valence-electron chi connectivity index (χ2n) is 9.35. The molecule has 5 heteroatoms. The van der Waals surface area contributed by atoms with Gasteiger partial charge in [-0.05, 0) is 41.8 Å². The minimum atomic E-state index is 0.582. The molecule has 0 amide bonds. The molecule has 0 aliphatic carbocycles. The monoisotopic (exact) mass is 476 g/mol. The largest absolute Gasteiger partial charge is 0.456 e. The second kappa shape index (κ2) is 6.74. The molecule has 8 aromatic rings. The molecular weight excluding hydrogens is 460 g/mol. The zero-order chi connectivity index (χ0) is 24.1. The fourth-order valence-electron chi connectivity index (χ4n) is 5.64. The van der Waals surface area contributed by atoms with Gasteiger partial charge in [0.05, 0.1) is 10.9 Å². The summed E-state index contributed by atoms with van der Waals surface area (Å²) in [5, 5.41) is 5.18. The molecule has 1 aliphatic rings. The summed E-state index contributed by atoms with van der Waals surface area (Å²) < 4.78 is 19.1. The molecule has 4 heterocycles. The molecule has 1 aliphatic heterocycles. The minimum Gasteiger partial charge on any atom is -0.456 e. The molecule has 0 N–H and O–H groups in total. The first kappa shape index (κ1) is 19.1. The highest BCUT2D eigenvalue weighted by Crippen LogP contribution is 2.50. The first-order valence-electron chi connectivity index (χ1n) is 12.2. The zero-order valence-corrected chi connectivity index (χ0v) is 19.4. The molecule has 0 saturated carbocycles. The summed E-state index contributed by atoms with van der Waals surface area (Å²) in [7, 11) is 0. The van der Waals surface area contributed by atoms with Crippen molar-refractivity contribution in [1.29, 1.82) is 0 Å².